The van der Waals surface area contributed by atoms with Gasteiger partial charge in [-0.25, -0.2) is 4.68 Å². The molecule has 122 valence electrons. The van der Waals surface area contributed by atoms with Crippen molar-refractivity contribution in [3.05, 3.63) is 59.1 Å². The summed E-state index contributed by atoms with van der Waals surface area (Å²) < 4.78 is 7.77. The number of amides is 1. The standard InChI is InChI=1S/C17H15BrN4O2/c18-16-7-6-15(24-16)17(23)21-9-8-13(10-21)22-11-14(19-20-22)12-4-2-1-3-5-12/h1-7,11,13H,8-10H2/t13-/m0/s1. The van der Waals surface area contributed by atoms with Gasteiger partial charge < -0.3 is 9.32 Å². The molecule has 1 amide bonds. The summed E-state index contributed by atoms with van der Waals surface area (Å²) in [7, 11) is 0. The van der Waals surface area contributed by atoms with E-state index >= 15 is 0 Å². The number of halogens is 1. The predicted molar refractivity (Wildman–Crippen MR) is 91.4 cm³/mol. The van der Waals surface area contributed by atoms with Gasteiger partial charge in [0.15, 0.2) is 10.4 Å². The van der Waals surface area contributed by atoms with E-state index < -0.39 is 0 Å². The summed E-state index contributed by atoms with van der Waals surface area (Å²) in [6, 6.07) is 13.5. The minimum Gasteiger partial charge on any atom is -0.444 e. The number of nitrogens with zero attached hydrogens (tertiary/aromatic N) is 4. The van der Waals surface area contributed by atoms with E-state index in [1.165, 1.54) is 0 Å². The summed E-state index contributed by atoms with van der Waals surface area (Å²) in [6.07, 6.45) is 2.79. The molecule has 0 aliphatic carbocycles. The van der Waals surface area contributed by atoms with E-state index in [1.54, 1.807) is 17.0 Å². The average Bonchev–Trinajstić information content (AvgIpc) is 3.35. The van der Waals surface area contributed by atoms with Gasteiger partial charge in [-0.05, 0) is 34.5 Å². The molecule has 0 radical (unpaired) electrons. The summed E-state index contributed by atoms with van der Waals surface area (Å²) in [6.45, 7) is 1.29. The Balaban J connectivity index is 1.47. The zero-order chi connectivity index (χ0) is 16.5. The smallest absolute Gasteiger partial charge is 0.289 e. The molecule has 1 aromatic carbocycles. The predicted octanol–water partition coefficient (Wildman–Crippen LogP) is 3.39. The molecule has 4 rings (SSSR count). The first kappa shape index (κ1) is 15.1. The van der Waals surface area contributed by atoms with Crippen LogP contribution in [-0.4, -0.2) is 38.9 Å². The molecular formula is C17H15BrN4O2. The molecule has 2 aromatic heterocycles. The SMILES string of the molecule is O=C(c1ccc(Br)o1)N1CC[C@H](n2cc(-c3ccccc3)nn2)C1. The Hall–Kier alpha value is -2.41. The van der Waals surface area contributed by atoms with E-state index in [1.807, 2.05) is 41.2 Å². The van der Waals surface area contributed by atoms with Crippen LogP contribution in [0, 0.1) is 0 Å². The number of likely N-dealkylation sites (tertiary alicyclic amines) is 1. The Morgan fingerprint density at radius 1 is 1.21 bits per heavy atom. The van der Waals surface area contributed by atoms with Crippen molar-refractivity contribution in [2.75, 3.05) is 13.1 Å². The second kappa shape index (κ2) is 6.24. The van der Waals surface area contributed by atoms with Gasteiger partial charge in [0.05, 0.1) is 12.2 Å². The molecule has 1 aliphatic heterocycles. The summed E-state index contributed by atoms with van der Waals surface area (Å²) in [5.41, 5.74) is 1.88. The molecule has 1 aliphatic rings. The average molecular weight is 387 g/mol. The Kier molecular flexibility index (Phi) is 3.93. The van der Waals surface area contributed by atoms with E-state index in [2.05, 4.69) is 26.2 Å². The highest BCUT2D eigenvalue weighted by atomic mass is 79.9. The molecule has 1 atom stereocenters. The van der Waals surface area contributed by atoms with Crippen LogP contribution < -0.4 is 0 Å². The van der Waals surface area contributed by atoms with Gasteiger partial charge in [-0.2, -0.15) is 0 Å². The first-order valence-corrected chi connectivity index (χ1v) is 8.52. The first-order valence-electron chi connectivity index (χ1n) is 7.72. The van der Waals surface area contributed by atoms with Gasteiger partial charge in [0, 0.05) is 18.7 Å². The maximum absolute atomic E-state index is 12.4. The fraction of sp³-hybridized carbons (Fsp3) is 0.235. The fourth-order valence-electron chi connectivity index (χ4n) is 2.92. The number of carbonyl (C=O) groups is 1. The number of furan rings is 1. The largest absolute Gasteiger partial charge is 0.444 e. The molecule has 1 fully saturated rings. The molecule has 24 heavy (non-hydrogen) atoms. The van der Waals surface area contributed by atoms with Crippen molar-refractivity contribution < 1.29 is 9.21 Å². The fourth-order valence-corrected chi connectivity index (χ4v) is 3.23. The van der Waals surface area contributed by atoms with Gasteiger partial charge >= 0.3 is 0 Å². The van der Waals surface area contributed by atoms with Crippen molar-refractivity contribution in [1.82, 2.24) is 19.9 Å². The molecule has 3 heterocycles. The van der Waals surface area contributed by atoms with Crippen LogP contribution in [0.3, 0.4) is 0 Å². The first-order chi connectivity index (χ1) is 11.7. The number of carbonyl (C=O) groups excluding carboxylic acids is 1. The maximum atomic E-state index is 12.4. The van der Waals surface area contributed by atoms with Crippen molar-refractivity contribution in [2.45, 2.75) is 12.5 Å². The number of rotatable bonds is 3. The number of hydrogen-bond donors (Lipinski definition) is 0. The lowest BCUT2D eigenvalue weighted by atomic mass is 10.2. The highest BCUT2D eigenvalue weighted by Crippen LogP contribution is 2.25. The topological polar surface area (TPSA) is 64.2 Å². The normalized spacial score (nSPS) is 17.4. The van der Waals surface area contributed by atoms with E-state index in [0.29, 0.717) is 23.5 Å². The van der Waals surface area contributed by atoms with Gasteiger partial charge in [-0.1, -0.05) is 35.5 Å². The third kappa shape index (κ3) is 2.87. The lowest BCUT2D eigenvalue weighted by Gasteiger charge is -2.14. The maximum Gasteiger partial charge on any atom is 0.289 e. The minimum atomic E-state index is -0.0911. The van der Waals surface area contributed by atoms with Crippen LogP contribution in [0.25, 0.3) is 11.3 Å². The van der Waals surface area contributed by atoms with E-state index in [0.717, 1.165) is 17.7 Å². The third-order valence-electron chi connectivity index (χ3n) is 4.19. The van der Waals surface area contributed by atoms with Gasteiger partial charge in [-0.3, -0.25) is 4.79 Å². The zero-order valence-electron chi connectivity index (χ0n) is 12.8. The van der Waals surface area contributed by atoms with Crippen LogP contribution in [0.2, 0.25) is 0 Å². The molecule has 0 N–H and O–H groups in total. The van der Waals surface area contributed by atoms with E-state index in [-0.39, 0.29) is 11.9 Å². The monoisotopic (exact) mass is 386 g/mol. The highest BCUT2D eigenvalue weighted by molar-refractivity contribution is 9.10. The Bertz CT molecular complexity index is 858. The third-order valence-corrected chi connectivity index (χ3v) is 4.61. The van der Waals surface area contributed by atoms with Crippen molar-refractivity contribution in [3.63, 3.8) is 0 Å². The summed E-state index contributed by atoms with van der Waals surface area (Å²) in [5.74, 6) is 0.262. The van der Waals surface area contributed by atoms with Gasteiger partial charge in [0.2, 0.25) is 0 Å². The highest BCUT2D eigenvalue weighted by Gasteiger charge is 2.30. The van der Waals surface area contributed by atoms with Crippen LogP contribution in [0.1, 0.15) is 23.0 Å². The summed E-state index contributed by atoms with van der Waals surface area (Å²) in [5, 5.41) is 8.49. The molecule has 0 bridgehead atoms. The zero-order valence-corrected chi connectivity index (χ0v) is 14.4. The van der Waals surface area contributed by atoms with Crippen molar-refractivity contribution in [3.8, 4) is 11.3 Å². The van der Waals surface area contributed by atoms with Crippen molar-refractivity contribution >= 4 is 21.8 Å². The molecule has 7 heteroatoms. The van der Waals surface area contributed by atoms with Gasteiger partial charge in [-0.15, -0.1) is 5.10 Å². The molecule has 6 nitrogen and oxygen atoms in total. The summed E-state index contributed by atoms with van der Waals surface area (Å²) in [4.78, 5) is 14.2. The summed E-state index contributed by atoms with van der Waals surface area (Å²) >= 11 is 3.22. The van der Waals surface area contributed by atoms with Crippen LogP contribution in [0.15, 0.2) is 57.7 Å². The van der Waals surface area contributed by atoms with Gasteiger partial charge in [0.1, 0.15) is 5.69 Å². The Labute approximate surface area is 147 Å². The lowest BCUT2D eigenvalue weighted by molar-refractivity contribution is 0.0754. The van der Waals surface area contributed by atoms with E-state index in [9.17, 15) is 4.79 Å². The molecule has 0 saturated carbocycles. The quantitative estimate of drug-likeness (QED) is 0.691. The Morgan fingerprint density at radius 2 is 2.04 bits per heavy atom. The van der Waals surface area contributed by atoms with Crippen molar-refractivity contribution in [2.24, 2.45) is 0 Å². The number of hydrogen-bond acceptors (Lipinski definition) is 4. The number of benzene rings is 1. The van der Waals surface area contributed by atoms with Crippen LogP contribution in [0.5, 0.6) is 0 Å². The molecule has 0 unspecified atom stereocenters. The second-order valence-electron chi connectivity index (χ2n) is 5.75. The number of aromatic nitrogens is 3. The molecule has 0 spiro atoms. The van der Waals surface area contributed by atoms with Gasteiger partial charge in [0.25, 0.3) is 5.91 Å². The molecule has 3 aromatic rings. The molecule has 1 saturated heterocycles. The van der Waals surface area contributed by atoms with E-state index in [4.69, 9.17) is 4.42 Å². The lowest BCUT2D eigenvalue weighted by Crippen LogP contribution is -2.28. The van der Waals surface area contributed by atoms with Crippen LogP contribution in [-0.2, 0) is 0 Å². The Morgan fingerprint density at radius 3 is 2.79 bits per heavy atom. The van der Waals surface area contributed by atoms with Crippen LogP contribution in [0.4, 0.5) is 0 Å². The second-order valence-corrected chi connectivity index (χ2v) is 6.53. The van der Waals surface area contributed by atoms with Crippen molar-refractivity contribution in [1.29, 1.82) is 0 Å². The molecular weight excluding hydrogens is 372 g/mol. The van der Waals surface area contributed by atoms with Crippen LogP contribution >= 0.6 is 15.9 Å². The minimum absolute atomic E-state index is 0.0911.